The molecule has 1 spiro atoms. The highest BCUT2D eigenvalue weighted by Crippen LogP contribution is 2.60. The minimum absolute atomic E-state index is 0.0393. The van der Waals surface area contributed by atoms with E-state index < -0.39 is 31.6 Å². The molecule has 3 aromatic carbocycles. The minimum Gasteiger partial charge on any atom is -0.394 e. The van der Waals surface area contributed by atoms with E-state index in [-0.39, 0.29) is 30.9 Å². The second kappa shape index (κ2) is 11.2. The number of rotatable bonds is 6. The number of halogens is 2. The van der Waals surface area contributed by atoms with Crippen LogP contribution >= 0.6 is 22.6 Å². The first-order chi connectivity index (χ1) is 20.0. The Hall–Kier alpha value is -2.60. The van der Waals surface area contributed by atoms with E-state index in [1.165, 1.54) is 0 Å². The van der Waals surface area contributed by atoms with Crippen LogP contribution in [0, 0.1) is 9.49 Å². The number of benzene rings is 3. The molecule has 3 aromatic rings. The molecule has 9 heteroatoms. The molecule has 1 saturated heterocycles. The van der Waals surface area contributed by atoms with Gasteiger partial charge in [-0.3, -0.25) is 9.59 Å². The number of aliphatic hydroxyl groups is 1. The summed E-state index contributed by atoms with van der Waals surface area (Å²) in [6.45, 7) is 5.83. The molecule has 6 rings (SSSR count). The Kier molecular flexibility index (Phi) is 7.82. The zero-order valence-corrected chi connectivity index (χ0v) is 27.3. The number of carbonyl (C=O) groups excluding carboxylic acids is 2. The van der Waals surface area contributed by atoms with Gasteiger partial charge < -0.3 is 23.8 Å². The molecule has 6 nitrogen and oxygen atoms in total. The third-order valence-electron chi connectivity index (χ3n) is 9.38. The molecule has 0 unspecified atom stereocenters. The van der Waals surface area contributed by atoms with Crippen LogP contribution in [0.4, 0.5) is 9.80 Å². The van der Waals surface area contributed by atoms with Gasteiger partial charge in [0.1, 0.15) is 0 Å². The summed E-state index contributed by atoms with van der Waals surface area (Å²) in [7, 11) is -3.41. The van der Waals surface area contributed by atoms with Crippen molar-refractivity contribution >= 4 is 48.5 Å². The van der Waals surface area contributed by atoms with Crippen molar-refractivity contribution in [2.75, 3.05) is 11.5 Å². The van der Waals surface area contributed by atoms with Crippen LogP contribution in [0.1, 0.15) is 35.6 Å². The summed E-state index contributed by atoms with van der Waals surface area (Å²) in [5, 5.41) is 10.2. The van der Waals surface area contributed by atoms with E-state index in [1.807, 2.05) is 79.7 Å². The Morgan fingerprint density at radius 1 is 1.07 bits per heavy atom. The number of hydrogen-bond acceptors (Lipinski definition) is 4. The smallest absolute Gasteiger partial charge is 0.264 e. The average molecular weight is 699 g/mol. The Labute approximate surface area is 261 Å². The molecule has 3 heterocycles. The maximum absolute atomic E-state index is 16.2. The van der Waals surface area contributed by atoms with E-state index in [9.17, 15) is 14.7 Å². The van der Waals surface area contributed by atoms with Crippen molar-refractivity contribution in [2.45, 2.75) is 69.2 Å². The molecule has 0 radical (unpaired) electrons. The number of aliphatic hydroxyl groups excluding tert-OH is 1. The van der Waals surface area contributed by atoms with Crippen LogP contribution in [-0.4, -0.2) is 49.0 Å². The maximum atomic E-state index is 16.2. The molecule has 42 heavy (non-hydrogen) atoms. The topological polar surface area (TPSA) is 70.1 Å². The van der Waals surface area contributed by atoms with Crippen molar-refractivity contribution in [1.29, 1.82) is 0 Å². The Bertz CT molecular complexity index is 1510. The van der Waals surface area contributed by atoms with Crippen LogP contribution in [0.2, 0.25) is 18.6 Å². The van der Waals surface area contributed by atoms with Crippen LogP contribution in [0.25, 0.3) is 0 Å². The van der Waals surface area contributed by atoms with E-state index in [4.69, 9.17) is 4.74 Å². The third kappa shape index (κ3) is 4.91. The first-order valence-electron chi connectivity index (χ1n) is 14.5. The predicted molar refractivity (Wildman–Crippen MR) is 171 cm³/mol. The van der Waals surface area contributed by atoms with Crippen LogP contribution < -0.4 is 4.90 Å². The van der Waals surface area contributed by atoms with E-state index in [0.717, 1.165) is 31.5 Å². The van der Waals surface area contributed by atoms with Crippen LogP contribution in [0.15, 0.2) is 72.8 Å². The van der Waals surface area contributed by atoms with Crippen molar-refractivity contribution in [2.24, 2.45) is 5.92 Å². The molecule has 0 aromatic heterocycles. The standard InChI is InChI=1S/C33H36FIN2O4Si/c1-21-31(42(2,3)34)29(17-30(39)36-19-24-9-5-4-8-23(24)16-26(36)20-38)41-33(21)27-10-6-7-11-28(27)37(32(33)40)18-22-12-14-25(35)15-13-22/h4-15,21,26,29,31,38H,16-20H2,1-3H3/t21-,26-,29+,31-,33+/m0/s1. The second-order valence-electron chi connectivity index (χ2n) is 12.3. The first-order valence-corrected chi connectivity index (χ1v) is 18.6. The van der Waals surface area contributed by atoms with Gasteiger partial charge >= 0.3 is 0 Å². The third-order valence-corrected chi connectivity index (χ3v) is 12.6. The molecule has 1 N–H and O–H groups in total. The fraction of sp³-hybridized carbons (Fsp3) is 0.394. The largest absolute Gasteiger partial charge is 0.394 e. The molecule has 3 aliphatic heterocycles. The second-order valence-corrected chi connectivity index (χ2v) is 17.4. The van der Waals surface area contributed by atoms with E-state index >= 15 is 4.11 Å². The van der Waals surface area contributed by atoms with Gasteiger partial charge in [0.15, 0.2) is 5.60 Å². The lowest BCUT2D eigenvalue weighted by atomic mass is 9.82. The lowest BCUT2D eigenvalue weighted by Gasteiger charge is -2.37. The Balaban J connectivity index is 1.33. The number of carbonyl (C=O) groups is 2. The Morgan fingerprint density at radius 3 is 2.43 bits per heavy atom. The van der Waals surface area contributed by atoms with Gasteiger partial charge in [0.25, 0.3) is 5.91 Å². The highest BCUT2D eigenvalue weighted by molar-refractivity contribution is 14.1. The molecule has 3 aliphatic rings. The molecule has 0 aliphatic carbocycles. The van der Waals surface area contributed by atoms with Crippen LogP contribution in [0.3, 0.4) is 0 Å². The number of ether oxygens (including phenoxy) is 1. The number of fused-ring (bicyclic) bond motifs is 3. The number of anilines is 1. The van der Waals surface area contributed by atoms with Gasteiger partial charge in [0.05, 0.1) is 37.4 Å². The van der Waals surface area contributed by atoms with Gasteiger partial charge in [-0.2, -0.15) is 0 Å². The van der Waals surface area contributed by atoms with Crippen molar-refractivity contribution < 1.29 is 23.5 Å². The maximum Gasteiger partial charge on any atom is 0.264 e. The van der Waals surface area contributed by atoms with Crippen molar-refractivity contribution in [1.82, 2.24) is 4.90 Å². The van der Waals surface area contributed by atoms with Gasteiger partial charge in [-0.25, -0.2) is 0 Å². The average Bonchev–Trinajstić information content (AvgIpc) is 3.39. The highest BCUT2D eigenvalue weighted by atomic mass is 127. The summed E-state index contributed by atoms with van der Waals surface area (Å²) in [6, 6.07) is 23.3. The Morgan fingerprint density at radius 2 is 1.74 bits per heavy atom. The van der Waals surface area contributed by atoms with Gasteiger partial charge in [-0.15, -0.1) is 0 Å². The number of amides is 2. The summed E-state index contributed by atoms with van der Waals surface area (Å²) >= 11 is 2.26. The normalized spacial score (nSPS) is 27.0. The van der Waals surface area contributed by atoms with E-state index in [1.54, 1.807) is 22.9 Å². The summed E-state index contributed by atoms with van der Waals surface area (Å²) in [5.74, 6) is -0.850. The van der Waals surface area contributed by atoms with E-state index in [0.29, 0.717) is 19.5 Å². The fourth-order valence-electron chi connectivity index (χ4n) is 7.46. The summed E-state index contributed by atoms with van der Waals surface area (Å²) in [4.78, 5) is 31.8. The van der Waals surface area contributed by atoms with Crippen molar-refractivity contribution in [3.63, 3.8) is 0 Å². The highest BCUT2D eigenvalue weighted by Gasteiger charge is 2.67. The van der Waals surface area contributed by atoms with Gasteiger partial charge in [-0.05, 0) is 77.0 Å². The molecule has 1 fully saturated rings. The molecule has 5 atom stereocenters. The summed E-state index contributed by atoms with van der Waals surface area (Å²) in [5.41, 5.74) is 2.75. The van der Waals surface area contributed by atoms with Crippen LogP contribution in [-0.2, 0) is 39.4 Å². The van der Waals surface area contributed by atoms with Crippen LogP contribution in [0.5, 0.6) is 0 Å². The fourth-order valence-corrected chi connectivity index (χ4v) is 10.3. The van der Waals surface area contributed by atoms with Crippen molar-refractivity contribution in [3.8, 4) is 0 Å². The van der Waals surface area contributed by atoms with Gasteiger partial charge in [-0.1, -0.05) is 61.5 Å². The number of hydrogen-bond donors (Lipinski definition) is 1. The molecular weight excluding hydrogens is 662 g/mol. The predicted octanol–water partition coefficient (Wildman–Crippen LogP) is 5.95. The monoisotopic (exact) mass is 698 g/mol. The lowest BCUT2D eigenvalue weighted by molar-refractivity contribution is -0.151. The molecule has 2 amide bonds. The summed E-state index contributed by atoms with van der Waals surface area (Å²) in [6.07, 6.45) is -0.232. The molecule has 0 saturated carbocycles. The molecular formula is C33H36FIN2O4Si. The number of nitrogens with zero attached hydrogens (tertiary/aromatic N) is 2. The minimum atomic E-state index is -3.41. The quantitative estimate of drug-likeness (QED) is 0.197. The first kappa shape index (κ1) is 29.5. The van der Waals surface area contributed by atoms with Gasteiger partial charge in [0.2, 0.25) is 14.3 Å². The summed E-state index contributed by atoms with van der Waals surface area (Å²) < 4.78 is 24.1. The zero-order valence-electron chi connectivity index (χ0n) is 24.1. The molecule has 220 valence electrons. The van der Waals surface area contributed by atoms with Crippen molar-refractivity contribution in [3.05, 3.63) is 98.6 Å². The lowest BCUT2D eigenvalue weighted by Crippen LogP contribution is -2.48. The zero-order chi connectivity index (χ0) is 29.8. The number of para-hydroxylation sites is 1. The molecule has 0 bridgehead atoms. The van der Waals surface area contributed by atoms with Gasteiger partial charge in [0, 0.05) is 27.1 Å². The SMILES string of the molecule is C[C@H]1[C@H]([Si](C)(C)F)[C@@H](CC(=O)N2Cc3ccccc3C[C@H]2CO)O[C@]12C(=O)N(Cc1ccc(I)cc1)c1ccccc12. The van der Waals surface area contributed by atoms with E-state index in [2.05, 4.69) is 22.6 Å².